The zero-order valence-corrected chi connectivity index (χ0v) is 8.69. The van der Waals surface area contributed by atoms with E-state index in [1.54, 1.807) is 0 Å². The quantitative estimate of drug-likeness (QED) is 0.564. The zero-order chi connectivity index (χ0) is 8.69. The molecular formula is C9H20ClN. The molecular weight excluding hydrogens is 158 g/mol. The molecule has 1 atom stereocenters. The third kappa shape index (κ3) is 6.64. The van der Waals surface area contributed by atoms with Gasteiger partial charge in [-0.1, -0.05) is 13.8 Å². The molecule has 0 aliphatic rings. The van der Waals surface area contributed by atoms with Gasteiger partial charge >= 0.3 is 0 Å². The fourth-order valence-corrected chi connectivity index (χ4v) is 1.29. The van der Waals surface area contributed by atoms with E-state index in [1.807, 2.05) is 0 Å². The molecule has 0 aromatic heterocycles. The van der Waals surface area contributed by atoms with Crippen LogP contribution in [0.15, 0.2) is 0 Å². The molecule has 0 radical (unpaired) electrons. The van der Waals surface area contributed by atoms with E-state index in [-0.39, 0.29) is 0 Å². The molecule has 1 nitrogen and oxygen atoms in total. The molecule has 2 heteroatoms. The van der Waals surface area contributed by atoms with Crippen LogP contribution < -0.4 is 0 Å². The average molecular weight is 178 g/mol. The van der Waals surface area contributed by atoms with Crippen LogP contribution in [0.3, 0.4) is 0 Å². The predicted octanol–water partition coefficient (Wildman–Crippen LogP) is 2.74. The van der Waals surface area contributed by atoms with Gasteiger partial charge in [-0.3, -0.25) is 0 Å². The second-order valence-electron chi connectivity index (χ2n) is 2.95. The molecule has 1 unspecified atom stereocenters. The summed E-state index contributed by atoms with van der Waals surface area (Å²) in [5.41, 5.74) is 0. The Hall–Kier alpha value is 0.250. The van der Waals surface area contributed by atoms with Crippen LogP contribution in [0.2, 0.25) is 0 Å². The summed E-state index contributed by atoms with van der Waals surface area (Å²) in [6, 6.07) is 0. The SMILES string of the molecule is CCN(CC)CCCC(C)Cl. The summed E-state index contributed by atoms with van der Waals surface area (Å²) in [4.78, 5) is 2.43. The molecule has 0 N–H and O–H groups in total. The highest BCUT2D eigenvalue weighted by Crippen LogP contribution is 2.04. The van der Waals surface area contributed by atoms with Crippen molar-refractivity contribution in [2.45, 2.75) is 39.0 Å². The standard InChI is InChI=1S/C9H20ClN/c1-4-11(5-2)8-6-7-9(3)10/h9H,4-8H2,1-3H3. The van der Waals surface area contributed by atoms with Gasteiger partial charge < -0.3 is 4.90 Å². The normalized spacial score (nSPS) is 13.9. The maximum atomic E-state index is 5.83. The van der Waals surface area contributed by atoms with Crippen molar-refractivity contribution in [1.82, 2.24) is 4.90 Å². The van der Waals surface area contributed by atoms with Crippen molar-refractivity contribution in [3.05, 3.63) is 0 Å². The third-order valence-corrected chi connectivity index (χ3v) is 2.19. The summed E-state index contributed by atoms with van der Waals surface area (Å²) in [5, 5.41) is 0.338. The summed E-state index contributed by atoms with van der Waals surface area (Å²) in [6.07, 6.45) is 2.37. The monoisotopic (exact) mass is 177 g/mol. The lowest BCUT2D eigenvalue weighted by Crippen LogP contribution is -2.24. The van der Waals surface area contributed by atoms with Gasteiger partial charge in [0, 0.05) is 5.38 Å². The van der Waals surface area contributed by atoms with Crippen LogP contribution >= 0.6 is 11.6 Å². The Morgan fingerprint density at radius 3 is 2.18 bits per heavy atom. The van der Waals surface area contributed by atoms with Crippen molar-refractivity contribution in [3.63, 3.8) is 0 Å². The van der Waals surface area contributed by atoms with Crippen LogP contribution in [0, 0.1) is 0 Å². The van der Waals surface area contributed by atoms with E-state index in [1.165, 1.54) is 13.0 Å². The van der Waals surface area contributed by atoms with E-state index in [2.05, 4.69) is 25.7 Å². The lowest BCUT2D eigenvalue weighted by molar-refractivity contribution is 0.297. The van der Waals surface area contributed by atoms with Gasteiger partial charge in [0.05, 0.1) is 0 Å². The Kier molecular flexibility index (Phi) is 7.09. The lowest BCUT2D eigenvalue weighted by Gasteiger charge is -2.17. The van der Waals surface area contributed by atoms with Crippen LogP contribution in [-0.4, -0.2) is 29.9 Å². The maximum absolute atomic E-state index is 5.83. The highest BCUT2D eigenvalue weighted by Gasteiger charge is 2.00. The van der Waals surface area contributed by atoms with Crippen LogP contribution in [-0.2, 0) is 0 Å². The molecule has 0 amide bonds. The van der Waals surface area contributed by atoms with Gasteiger partial charge in [-0.25, -0.2) is 0 Å². The van der Waals surface area contributed by atoms with Gasteiger partial charge in [-0.15, -0.1) is 11.6 Å². The van der Waals surface area contributed by atoms with E-state index < -0.39 is 0 Å². The summed E-state index contributed by atoms with van der Waals surface area (Å²) in [5.74, 6) is 0. The highest BCUT2D eigenvalue weighted by molar-refractivity contribution is 6.20. The molecule has 0 aliphatic heterocycles. The van der Waals surface area contributed by atoms with Crippen LogP contribution in [0.1, 0.15) is 33.6 Å². The second kappa shape index (κ2) is 6.93. The molecule has 0 saturated carbocycles. The molecule has 0 rings (SSSR count). The van der Waals surface area contributed by atoms with Gasteiger partial charge in [0.25, 0.3) is 0 Å². The third-order valence-electron chi connectivity index (χ3n) is 1.97. The molecule has 0 aliphatic carbocycles. The average Bonchev–Trinajstić information content (AvgIpc) is 1.98. The van der Waals surface area contributed by atoms with Crippen molar-refractivity contribution < 1.29 is 0 Å². The second-order valence-corrected chi connectivity index (χ2v) is 3.69. The number of hydrogen-bond acceptors (Lipinski definition) is 1. The van der Waals surface area contributed by atoms with Crippen LogP contribution in [0.25, 0.3) is 0 Å². The van der Waals surface area contributed by atoms with Gasteiger partial charge in [-0.05, 0) is 39.4 Å². The summed E-state index contributed by atoms with van der Waals surface area (Å²) in [7, 11) is 0. The first-order chi connectivity index (χ1) is 5.20. The van der Waals surface area contributed by atoms with E-state index in [9.17, 15) is 0 Å². The molecule has 0 bridgehead atoms. The van der Waals surface area contributed by atoms with Crippen molar-refractivity contribution in [2.75, 3.05) is 19.6 Å². The minimum atomic E-state index is 0.338. The zero-order valence-electron chi connectivity index (χ0n) is 7.94. The fourth-order valence-electron chi connectivity index (χ4n) is 1.14. The van der Waals surface area contributed by atoms with Gasteiger partial charge in [0.1, 0.15) is 0 Å². The van der Waals surface area contributed by atoms with E-state index in [0.717, 1.165) is 19.5 Å². The molecule has 0 saturated heterocycles. The highest BCUT2D eigenvalue weighted by atomic mass is 35.5. The first kappa shape index (κ1) is 11.2. The predicted molar refractivity (Wildman–Crippen MR) is 52.3 cm³/mol. The number of nitrogens with zero attached hydrogens (tertiary/aromatic N) is 1. The number of alkyl halides is 1. The Morgan fingerprint density at radius 2 is 1.82 bits per heavy atom. The van der Waals surface area contributed by atoms with Gasteiger partial charge in [0.15, 0.2) is 0 Å². The van der Waals surface area contributed by atoms with E-state index >= 15 is 0 Å². The number of hydrogen-bond donors (Lipinski definition) is 0. The first-order valence-electron chi connectivity index (χ1n) is 4.57. The van der Waals surface area contributed by atoms with Crippen LogP contribution in [0.5, 0.6) is 0 Å². The van der Waals surface area contributed by atoms with Gasteiger partial charge in [0.2, 0.25) is 0 Å². The molecule has 0 aromatic rings. The van der Waals surface area contributed by atoms with E-state index in [4.69, 9.17) is 11.6 Å². The Labute approximate surface area is 75.7 Å². The molecule has 11 heavy (non-hydrogen) atoms. The minimum absolute atomic E-state index is 0.338. The lowest BCUT2D eigenvalue weighted by atomic mass is 10.2. The van der Waals surface area contributed by atoms with Crippen molar-refractivity contribution in [1.29, 1.82) is 0 Å². The van der Waals surface area contributed by atoms with Crippen molar-refractivity contribution >= 4 is 11.6 Å². The molecule has 0 fully saturated rings. The Bertz CT molecular complexity index is 79.6. The van der Waals surface area contributed by atoms with Crippen molar-refractivity contribution in [3.8, 4) is 0 Å². The topological polar surface area (TPSA) is 3.24 Å². The molecule has 68 valence electrons. The largest absolute Gasteiger partial charge is 0.304 e. The molecule has 0 spiro atoms. The van der Waals surface area contributed by atoms with E-state index in [0.29, 0.717) is 5.38 Å². The summed E-state index contributed by atoms with van der Waals surface area (Å²) >= 11 is 5.83. The molecule has 0 aromatic carbocycles. The Balaban J connectivity index is 3.21. The number of halogens is 1. The Morgan fingerprint density at radius 1 is 1.27 bits per heavy atom. The minimum Gasteiger partial charge on any atom is -0.304 e. The van der Waals surface area contributed by atoms with Gasteiger partial charge in [-0.2, -0.15) is 0 Å². The maximum Gasteiger partial charge on any atom is 0.0308 e. The van der Waals surface area contributed by atoms with Crippen molar-refractivity contribution in [2.24, 2.45) is 0 Å². The summed E-state index contributed by atoms with van der Waals surface area (Å²) in [6.45, 7) is 9.98. The fraction of sp³-hybridized carbons (Fsp3) is 1.00. The smallest absolute Gasteiger partial charge is 0.0308 e. The first-order valence-corrected chi connectivity index (χ1v) is 5.00. The number of rotatable bonds is 6. The van der Waals surface area contributed by atoms with Crippen LogP contribution in [0.4, 0.5) is 0 Å². The summed E-state index contributed by atoms with van der Waals surface area (Å²) < 4.78 is 0. The molecule has 0 heterocycles.